The Kier molecular flexibility index (Phi) is 4.79. The fraction of sp³-hybridized carbons (Fsp3) is 0.571. The molecule has 6 nitrogen and oxygen atoms in total. The van der Waals surface area contributed by atoms with Crippen LogP contribution >= 0.6 is 0 Å². The van der Waals surface area contributed by atoms with Crippen LogP contribution in [0, 0.1) is 0 Å². The van der Waals surface area contributed by atoms with Crippen molar-refractivity contribution in [2.45, 2.75) is 25.8 Å². The molecule has 0 radical (unpaired) electrons. The first-order valence-corrected chi connectivity index (χ1v) is 7.05. The summed E-state index contributed by atoms with van der Waals surface area (Å²) in [6, 6.07) is 3.28. The monoisotopic (exact) mass is 278 g/mol. The van der Waals surface area contributed by atoms with Crippen LogP contribution in [0.15, 0.2) is 18.3 Å². The lowest BCUT2D eigenvalue weighted by Crippen LogP contribution is -2.53. The second-order valence-corrected chi connectivity index (χ2v) is 5.08. The summed E-state index contributed by atoms with van der Waals surface area (Å²) in [4.78, 5) is 19.8. The minimum absolute atomic E-state index is 0.372. The normalized spacial score (nSPS) is 17.9. The van der Waals surface area contributed by atoms with Crippen molar-refractivity contribution in [3.63, 3.8) is 0 Å². The Morgan fingerprint density at radius 1 is 1.45 bits per heavy atom. The molecule has 0 bridgehead atoms. The van der Waals surface area contributed by atoms with Crippen LogP contribution in [0.3, 0.4) is 0 Å². The van der Waals surface area contributed by atoms with Gasteiger partial charge in [0.2, 0.25) is 0 Å². The van der Waals surface area contributed by atoms with Crippen LogP contribution in [0.1, 0.15) is 19.8 Å². The minimum Gasteiger partial charge on any atom is -0.480 e. The lowest BCUT2D eigenvalue weighted by Gasteiger charge is -2.38. The van der Waals surface area contributed by atoms with Gasteiger partial charge < -0.3 is 15.7 Å². The van der Waals surface area contributed by atoms with Crippen molar-refractivity contribution in [2.24, 2.45) is 0 Å². The molecular formula is C14H22N4O2. The number of nitrogens with two attached hydrogens (primary N) is 1. The predicted octanol–water partition coefficient (Wildman–Crippen LogP) is 1.04. The Hall–Kier alpha value is -1.82. The van der Waals surface area contributed by atoms with Crippen LogP contribution in [-0.4, -0.2) is 53.2 Å². The minimum atomic E-state index is -0.724. The molecule has 0 spiro atoms. The number of rotatable bonds is 5. The zero-order chi connectivity index (χ0) is 14.5. The van der Waals surface area contributed by atoms with E-state index < -0.39 is 5.97 Å². The number of nitrogens with zero attached hydrogens (tertiary/aromatic N) is 3. The molecule has 20 heavy (non-hydrogen) atoms. The van der Waals surface area contributed by atoms with E-state index >= 15 is 0 Å². The highest BCUT2D eigenvalue weighted by molar-refractivity contribution is 5.73. The third kappa shape index (κ3) is 3.19. The number of hydrogen-bond donors (Lipinski definition) is 2. The van der Waals surface area contributed by atoms with Crippen LogP contribution in [0.5, 0.6) is 0 Å². The smallest absolute Gasteiger partial charge is 0.320 e. The lowest BCUT2D eigenvalue weighted by atomic mass is 10.1. The molecular weight excluding hydrogens is 256 g/mol. The van der Waals surface area contributed by atoms with Gasteiger partial charge in [-0.25, -0.2) is 4.98 Å². The largest absolute Gasteiger partial charge is 0.480 e. The number of piperazine rings is 1. The number of hydrogen-bond acceptors (Lipinski definition) is 5. The fourth-order valence-corrected chi connectivity index (χ4v) is 2.65. The van der Waals surface area contributed by atoms with Crippen molar-refractivity contribution < 1.29 is 9.90 Å². The maximum absolute atomic E-state index is 11.3. The van der Waals surface area contributed by atoms with Gasteiger partial charge in [-0.1, -0.05) is 13.3 Å². The van der Waals surface area contributed by atoms with Gasteiger partial charge in [0.15, 0.2) is 5.82 Å². The van der Waals surface area contributed by atoms with Crippen molar-refractivity contribution in [1.29, 1.82) is 0 Å². The quantitative estimate of drug-likeness (QED) is 0.837. The summed E-state index contributed by atoms with van der Waals surface area (Å²) in [6.45, 7) is 4.99. The third-order valence-corrected chi connectivity index (χ3v) is 3.72. The number of aliphatic carboxylic acids is 1. The summed E-state index contributed by atoms with van der Waals surface area (Å²) in [7, 11) is 0. The van der Waals surface area contributed by atoms with Gasteiger partial charge in [-0.05, 0) is 18.6 Å². The van der Waals surface area contributed by atoms with E-state index in [1.807, 2.05) is 24.0 Å². The molecule has 6 heteroatoms. The average molecular weight is 278 g/mol. The van der Waals surface area contributed by atoms with Gasteiger partial charge in [0, 0.05) is 32.4 Å². The molecule has 0 aromatic carbocycles. The van der Waals surface area contributed by atoms with E-state index in [9.17, 15) is 9.90 Å². The highest BCUT2D eigenvalue weighted by atomic mass is 16.4. The maximum Gasteiger partial charge on any atom is 0.320 e. The van der Waals surface area contributed by atoms with Crippen molar-refractivity contribution in [3.8, 4) is 0 Å². The van der Waals surface area contributed by atoms with Crippen LogP contribution < -0.4 is 10.6 Å². The van der Waals surface area contributed by atoms with Crippen molar-refractivity contribution in [3.05, 3.63) is 18.3 Å². The van der Waals surface area contributed by atoms with Gasteiger partial charge in [0.25, 0.3) is 0 Å². The lowest BCUT2D eigenvalue weighted by molar-refractivity contribution is -0.143. The highest BCUT2D eigenvalue weighted by Crippen LogP contribution is 2.21. The number of anilines is 2. The van der Waals surface area contributed by atoms with Gasteiger partial charge in [-0.2, -0.15) is 0 Å². The number of carbonyl (C=O) groups is 1. The number of aromatic nitrogens is 1. The summed E-state index contributed by atoms with van der Waals surface area (Å²) in [6.07, 6.45) is 3.31. The van der Waals surface area contributed by atoms with Gasteiger partial charge in [-0.3, -0.25) is 9.69 Å². The van der Waals surface area contributed by atoms with E-state index in [4.69, 9.17) is 5.73 Å². The molecule has 0 saturated carbocycles. The Morgan fingerprint density at radius 3 is 2.70 bits per heavy atom. The molecule has 1 unspecified atom stereocenters. The summed E-state index contributed by atoms with van der Waals surface area (Å²) >= 11 is 0. The first-order chi connectivity index (χ1) is 9.63. The molecule has 1 aromatic heterocycles. The molecule has 1 aliphatic rings. The van der Waals surface area contributed by atoms with Gasteiger partial charge in [0.05, 0.1) is 5.69 Å². The summed E-state index contributed by atoms with van der Waals surface area (Å²) in [5.74, 6) is 0.0761. The Morgan fingerprint density at radius 2 is 2.15 bits per heavy atom. The molecule has 0 amide bonds. The fourth-order valence-electron chi connectivity index (χ4n) is 2.65. The number of carboxylic acid groups (broad SMARTS) is 1. The van der Waals surface area contributed by atoms with E-state index in [1.165, 1.54) is 0 Å². The van der Waals surface area contributed by atoms with Crippen molar-refractivity contribution in [1.82, 2.24) is 9.88 Å². The molecule has 1 saturated heterocycles. The van der Waals surface area contributed by atoms with Gasteiger partial charge in [0.1, 0.15) is 6.04 Å². The molecule has 1 aromatic rings. The second kappa shape index (κ2) is 6.56. The second-order valence-electron chi connectivity index (χ2n) is 5.08. The standard InChI is InChI=1S/C14H22N4O2/c1-2-4-12(14(19)20)17-7-9-18(10-8-17)13-11(15)5-3-6-16-13/h3,5-6,12H,2,4,7-10,15H2,1H3,(H,19,20). The van der Waals surface area contributed by atoms with Crippen molar-refractivity contribution in [2.75, 3.05) is 36.8 Å². The first kappa shape index (κ1) is 14.6. The predicted molar refractivity (Wildman–Crippen MR) is 78.8 cm³/mol. The molecule has 2 heterocycles. The summed E-state index contributed by atoms with van der Waals surface area (Å²) in [5.41, 5.74) is 6.60. The zero-order valence-corrected chi connectivity index (χ0v) is 11.8. The summed E-state index contributed by atoms with van der Waals surface area (Å²) < 4.78 is 0. The first-order valence-electron chi connectivity index (χ1n) is 7.05. The molecule has 2 rings (SSSR count). The van der Waals surface area contributed by atoms with E-state index in [-0.39, 0.29) is 6.04 Å². The topological polar surface area (TPSA) is 82.7 Å². The van der Waals surface area contributed by atoms with Crippen LogP contribution in [0.4, 0.5) is 11.5 Å². The van der Waals surface area contributed by atoms with Gasteiger partial charge >= 0.3 is 5.97 Å². The third-order valence-electron chi connectivity index (χ3n) is 3.72. The van der Waals surface area contributed by atoms with Crippen molar-refractivity contribution >= 4 is 17.5 Å². The molecule has 110 valence electrons. The average Bonchev–Trinajstić information content (AvgIpc) is 2.45. The highest BCUT2D eigenvalue weighted by Gasteiger charge is 2.28. The number of pyridine rings is 1. The van der Waals surface area contributed by atoms with E-state index in [1.54, 1.807) is 6.20 Å². The SMILES string of the molecule is CCCC(C(=O)O)N1CCN(c2ncccc2N)CC1. The number of nitrogen functional groups attached to an aromatic ring is 1. The Balaban J connectivity index is 1.98. The molecule has 1 fully saturated rings. The molecule has 0 aliphatic carbocycles. The molecule has 3 N–H and O–H groups in total. The van der Waals surface area contributed by atoms with Crippen LogP contribution in [0.2, 0.25) is 0 Å². The Labute approximate surface area is 119 Å². The molecule has 1 atom stereocenters. The maximum atomic E-state index is 11.3. The van der Waals surface area contributed by atoms with E-state index in [0.717, 1.165) is 38.4 Å². The Bertz CT molecular complexity index is 458. The zero-order valence-electron chi connectivity index (χ0n) is 11.8. The molecule has 1 aliphatic heterocycles. The van der Waals surface area contributed by atoms with E-state index in [0.29, 0.717) is 12.1 Å². The van der Waals surface area contributed by atoms with Gasteiger partial charge in [-0.15, -0.1) is 0 Å². The number of carboxylic acids is 1. The van der Waals surface area contributed by atoms with Crippen LogP contribution in [0.25, 0.3) is 0 Å². The van der Waals surface area contributed by atoms with Crippen LogP contribution in [-0.2, 0) is 4.79 Å². The summed E-state index contributed by atoms with van der Waals surface area (Å²) in [5, 5.41) is 9.30. The van der Waals surface area contributed by atoms with E-state index in [2.05, 4.69) is 9.88 Å².